The van der Waals surface area contributed by atoms with E-state index in [1.54, 1.807) is 14.0 Å². The zero-order chi connectivity index (χ0) is 23.2. The Morgan fingerprint density at radius 2 is 1.85 bits per heavy atom. The smallest absolute Gasteiger partial charge is 0.266 e. The lowest BCUT2D eigenvalue weighted by Crippen LogP contribution is -2.43. The predicted molar refractivity (Wildman–Crippen MR) is 130 cm³/mol. The van der Waals surface area contributed by atoms with Crippen molar-refractivity contribution in [1.29, 1.82) is 0 Å². The Labute approximate surface area is 191 Å². The third-order valence-electron chi connectivity index (χ3n) is 6.52. The van der Waals surface area contributed by atoms with Gasteiger partial charge in [-0.05, 0) is 37.3 Å². The molecule has 33 heavy (non-hydrogen) atoms. The monoisotopic (exact) mass is 444 g/mol. The van der Waals surface area contributed by atoms with Crippen molar-refractivity contribution in [3.63, 3.8) is 0 Å². The molecule has 1 aliphatic rings. The lowest BCUT2D eigenvalue weighted by molar-refractivity contribution is 0.208. The van der Waals surface area contributed by atoms with E-state index < -0.39 is 6.10 Å². The molecule has 1 unspecified atom stereocenters. The topological polar surface area (TPSA) is 106 Å². The molecule has 0 spiro atoms. The Balaban J connectivity index is 1.69. The maximum absolute atomic E-state index is 13.4. The number of rotatable bonds is 6. The van der Waals surface area contributed by atoms with Crippen molar-refractivity contribution in [2.75, 3.05) is 11.9 Å². The van der Waals surface area contributed by atoms with Crippen LogP contribution in [0.2, 0.25) is 0 Å². The Kier molecular flexibility index (Phi) is 5.31. The number of nitrogens with zero attached hydrogens (tertiary/aromatic N) is 2. The van der Waals surface area contributed by atoms with Crippen molar-refractivity contribution >= 4 is 17.0 Å². The van der Waals surface area contributed by atoms with Crippen molar-refractivity contribution in [2.45, 2.75) is 37.8 Å². The largest absolute Gasteiger partial charge is 0.437 e. The lowest BCUT2D eigenvalue weighted by atomic mass is 9.72. The molecule has 2 heterocycles. The summed E-state index contributed by atoms with van der Waals surface area (Å²) in [5.74, 6) is 0.943. The fraction of sp³-hybridized carbons (Fsp3) is 0.308. The van der Waals surface area contributed by atoms with Crippen molar-refractivity contribution < 1.29 is 9.52 Å². The van der Waals surface area contributed by atoms with E-state index in [0.29, 0.717) is 17.1 Å². The first-order valence-corrected chi connectivity index (χ1v) is 11.3. The van der Waals surface area contributed by atoms with Gasteiger partial charge in [0.25, 0.3) is 5.56 Å². The van der Waals surface area contributed by atoms with Gasteiger partial charge in [-0.3, -0.25) is 9.36 Å². The minimum Gasteiger partial charge on any atom is -0.437 e. The average Bonchev–Trinajstić information content (AvgIpc) is 3.19. The highest BCUT2D eigenvalue weighted by Gasteiger charge is 2.34. The van der Waals surface area contributed by atoms with Crippen LogP contribution in [0.3, 0.4) is 0 Å². The summed E-state index contributed by atoms with van der Waals surface area (Å²) >= 11 is 0. The van der Waals surface area contributed by atoms with Crippen LogP contribution in [-0.2, 0) is 12.6 Å². The molecule has 170 valence electrons. The summed E-state index contributed by atoms with van der Waals surface area (Å²) in [5, 5.41) is 13.1. The number of furan rings is 1. The van der Waals surface area contributed by atoms with Gasteiger partial charge in [0.05, 0.1) is 6.10 Å². The van der Waals surface area contributed by atoms with Gasteiger partial charge < -0.3 is 20.6 Å². The van der Waals surface area contributed by atoms with E-state index >= 15 is 0 Å². The molecule has 4 aromatic rings. The second-order valence-corrected chi connectivity index (χ2v) is 8.97. The van der Waals surface area contributed by atoms with Crippen LogP contribution in [-0.4, -0.2) is 27.3 Å². The molecule has 0 amide bonds. The quantitative estimate of drug-likeness (QED) is 0.415. The first kappa shape index (κ1) is 21.4. The van der Waals surface area contributed by atoms with Crippen LogP contribution in [0.25, 0.3) is 33.6 Å². The summed E-state index contributed by atoms with van der Waals surface area (Å²) in [5.41, 5.74) is 9.89. The van der Waals surface area contributed by atoms with Crippen LogP contribution in [0.5, 0.6) is 0 Å². The molecule has 1 aliphatic carbocycles. The molecule has 1 fully saturated rings. The number of fused-ring (bicyclic) bond motifs is 1. The Morgan fingerprint density at radius 1 is 1.15 bits per heavy atom. The second-order valence-electron chi connectivity index (χ2n) is 8.97. The van der Waals surface area contributed by atoms with Gasteiger partial charge >= 0.3 is 0 Å². The second kappa shape index (κ2) is 8.17. The van der Waals surface area contributed by atoms with Crippen LogP contribution >= 0.6 is 0 Å². The van der Waals surface area contributed by atoms with Gasteiger partial charge in [0.2, 0.25) is 11.7 Å². The first-order valence-electron chi connectivity index (χ1n) is 11.3. The van der Waals surface area contributed by atoms with Gasteiger partial charge in [-0.15, -0.1) is 0 Å². The van der Waals surface area contributed by atoms with E-state index in [-0.39, 0.29) is 23.4 Å². The number of hydrogen-bond acceptors (Lipinski definition) is 6. The molecule has 7 nitrogen and oxygen atoms in total. The van der Waals surface area contributed by atoms with E-state index in [4.69, 9.17) is 10.2 Å². The molecule has 2 aromatic heterocycles. The summed E-state index contributed by atoms with van der Waals surface area (Å²) in [4.78, 5) is 18.0. The van der Waals surface area contributed by atoms with E-state index in [2.05, 4.69) is 22.4 Å². The van der Waals surface area contributed by atoms with E-state index in [1.807, 2.05) is 42.5 Å². The molecular formula is C26H28N4O3. The maximum Gasteiger partial charge on any atom is 0.266 e. The van der Waals surface area contributed by atoms with Crippen molar-refractivity contribution in [3.8, 4) is 22.5 Å². The minimum absolute atomic E-state index is 0.214. The number of nitrogens with two attached hydrogens (primary N) is 1. The molecule has 0 aliphatic heterocycles. The van der Waals surface area contributed by atoms with Crippen LogP contribution in [0.1, 0.15) is 31.7 Å². The lowest BCUT2D eigenvalue weighted by Gasteiger charge is -2.38. The van der Waals surface area contributed by atoms with Gasteiger partial charge in [0, 0.05) is 30.3 Å². The van der Waals surface area contributed by atoms with Crippen LogP contribution in [0.15, 0.2) is 63.8 Å². The third-order valence-corrected chi connectivity index (χ3v) is 6.52. The van der Waals surface area contributed by atoms with Crippen LogP contribution < -0.4 is 16.6 Å². The molecule has 2 aromatic carbocycles. The van der Waals surface area contributed by atoms with Gasteiger partial charge in [-0.25, -0.2) is 0 Å². The molecule has 4 N–H and O–H groups in total. The maximum atomic E-state index is 13.4. The molecule has 0 saturated heterocycles. The van der Waals surface area contributed by atoms with Crippen LogP contribution in [0, 0.1) is 0 Å². The van der Waals surface area contributed by atoms with Gasteiger partial charge in [0.1, 0.15) is 11.1 Å². The summed E-state index contributed by atoms with van der Waals surface area (Å²) in [7, 11) is 1.66. The molecular weight excluding hydrogens is 416 g/mol. The molecule has 1 saturated carbocycles. The highest BCUT2D eigenvalue weighted by molar-refractivity contribution is 6.00. The number of hydrogen-bond donors (Lipinski definition) is 3. The Hall–Kier alpha value is -3.42. The summed E-state index contributed by atoms with van der Waals surface area (Å²) in [6.07, 6.45) is 2.56. The highest BCUT2D eigenvalue weighted by Crippen LogP contribution is 2.42. The summed E-state index contributed by atoms with van der Waals surface area (Å²) in [6.45, 7) is 1.94. The molecule has 7 heteroatoms. The van der Waals surface area contributed by atoms with Crippen molar-refractivity contribution in [1.82, 2.24) is 9.55 Å². The summed E-state index contributed by atoms with van der Waals surface area (Å²) < 4.78 is 7.68. The zero-order valence-corrected chi connectivity index (χ0v) is 18.8. The number of aliphatic hydroxyl groups is 1. The molecule has 0 bridgehead atoms. The first-order chi connectivity index (χ1) is 15.9. The van der Waals surface area contributed by atoms with E-state index in [1.165, 1.54) is 4.57 Å². The van der Waals surface area contributed by atoms with E-state index in [9.17, 15) is 9.90 Å². The SMILES string of the molecule is CC(O)CNc1nc2oc(-c3ccc(C4(N)CCC4)cc3)c(-c3ccccc3)c2c(=O)n1C. The minimum atomic E-state index is -0.579. The van der Waals surface area contributed by atoms with Crippen molar-refractivity contribution in [2.24, 2.45) is 12.8 Å². The summed E-state index contributed by atoms with van der Waals surface area (Å²) in [6, 6.07) is 17.9. The van der Waals surface area contributed by atoms with Crippen molar-refractivity contribution in [3.05, 3.63) is 70.5 Å². The van der Waals surface area contributed by atoms with Gasteiger partial charge in [0.15, 0.2) is 0 Å². The number of nitrogens with one attached hydrogen (secondary N) is 1. The van der Waals surface area contributed by atoms with Crippen LogP contribution in [0.4, 0.5) is 5.95 Å². The fourth-order valence-electron chi connectivity index (χ4n) is 4.41. The third kappa shape index (κ3) is 3.73. The van der Waals surface area contributed by atoms with Gasteiger partial charge in [-0.2, -0.15) is 4.98 Å². The molecule has 1 atom stereocenters. The number of benzene rings is 2. The normalized spacial score (nSPS) is 15.9. The number of anilines is 1. The zero-order valence-electron chi connectivity index (χ0n) is 18.8. The molecule has 5 rings (SSSR count). The number of aliphatic hydroxyl groups excluding tert-OH is 1. The Morgan fingerprint density at radius 3 is 2.45 bits per heavy atom. The Bertz CT molecular complexity index is 1350. The molecule has 0 radical (unpaired) electrons. The average molecular weight is 445 g/mol. The van der Waals surface area contributed by atoms with E-state index in [0.717, 1.165) is 41.5 Å². The highest BCUT2D eigenvalue weighted by atomic mass is 16.3. The number of aromatic nitrogens is 2. The fourth-order valence-corrected chi connectivity index (χ4v) is 4.41. The predicted octanol–water partition coefficient (Wildman–Crippen LogP) is 3.99. The van der Waals surface area contributed by atoms with Gasteiger partial charge in [-0.1, -0.05) is 54.6 Å². The standard InChI is InChI=1S/C26H28N4O3/c1-16(31)15-28-25-29-23-21(24(32)30(25)2)20(17-7-4-3-5-8-17)22(33-23)18-9-11-19(12-10-18)26(27)13-6-14-26/h3-5,7-12,16,31H,6,13-15,27H2,1-2H3,(H,28,29).